The van der Waals surface area contributed by atoms with E-state index in [0.717, 1.165) is 5.56 Å². The molecule has 0 amide bonds. The number of carbonyl (C=O) groups is 1. The second-order valence-electron chi connectivity index (χ2n) is 4.59. The highest BCUT2D eigenvalue weighted by Gasteiger charge is 2.36. The third kappa shape index (κ3) is 2.79. The molecule has 0 bridgehead atoms. The third-order valence-electron chi connectivity index (χ3n) is 3.25. The van der Waals surface area contributed by atoms with Crippen molar-refractivity contribution in [3.05, 3.63) is 58.7 Å². The van der Waals surface area contributed by atoms with Crippen molar-refractivity contribution in [3.63, 3.8) is 0 Å². The predicted octanol–water partition coefficient (Wildman–Crippen LogP) is 1.94. The summed E-state index contributed by atoms with van der Waals surface area (Å²) in [6, 6.07) is 11.1. The standard InChI is InChI=1S/C17H14N2O3/c1-3-9-21-17(20)14-11(2)22-16(19)13(10-18)15(14)12-7-5-4-6-8-12/h1,4-8,15H,9,19H2,2H3. The van der Waals surface area contributed by atoms with Crippen LogP contribution in [0.3, 0.4) is 0 Å². The fourth-order valence-electron chi connectivity index (χ4n) is 2.31. The summed E-state index contributed by atoms with van der Waals surface area (Å²) in [4.78, 5) is 12.3. The molecular weight excluding hydrogens is 280 g/mol. The van der Waals surface area contributed by atoms with Crippen LogP contribution in [-0.2, 0) is 14.3 Å². The van der Waals surface area contributed by atoms with E-state index >= 15 is 0 Å². The number of allylic oxidation sites excluding steroid dienone is 2. The molecule has 22 heavy (non-hydrogen) atoms. The minimum absolute atomic E-state index is 0.0117. The molecule has 0 saturated carbocycles. The van der Waals surface area contributed by atoms with E-state index in [1.54, 1.807) is 6.92 Å². The van der Waals surface area contributed by atoms with Crippen LogP contribution in [0, 0.1) is 23.7 Å². The lowest BCUT2D eigenvalue weighted by Gasteiger charge is -2.26. The average Bonchev–Trinajstić information content (AvgIpc) is 2.52. The summed E-state index contributed by atoms with van der Waals surface area (Å²) in [5.41, 5.74) is 6.93. The molecule has 2 N–H and O–H groups in total. The minimum atomic E-state index is -0.634. The fourth-order valence-corrected chi connectivity index (χ4v) is 2.31. The number of ether oxygens (including phenoxy) is 2. The van der Waals surface area contributed by atoms with Crippen LogP contribution in [0.4, 0.5) is 0 Å². The largest absolute Gasteiger partial charge is 0.449 e. The van der Waals surface area contributed by atoms with Crippen LogP contribution in [0.15, 0.2) is 53.1 Å². The molecule has 1 aliphatic heterocycles. The maximum Gasteiger partial charge on any atom is 0.339 e. The lowest BCUT2D eigenvalue weighted by atomic mass is 9.83. The lowest BCUT2D eigenvalue weighted by Crippen LogP contribution is -2.25. The van der Waals surface area contributed by atoms with Crippen LogP contribution in [0.25, 0.3) is 0 Å². The first-order valence-electron chi connectivity index (χ1n) is 6.54. The van der Waals surface area contributed by atoms with Crippen molar-refractivity contribution in [2.45, 2.75) is 12.8 Å². The first-order valence-corrected chi connectivity index (χ1v) is 6.54. The predicted molar refractivity (Wildman–Crippen MR) is 79.6 cm³/mol. The second-order valence-corrected chi connectivity index (χ2v) is 4.59. The highest BCUT2D eigenvalue weighted by Crippen LogP contribution is 2.39. The fraction of sp³-hybridized carbons (Fsp3) is 0.176. The van der Waals surface area contributed by atoms with Gasteiger partial charge in [0, 0.05) is 0 Å². The van der Waals surface area contributed by atoms with E-state index in [9.17, 15) is 10.1 Å². The first-order chi connectivity index (χ1) is 10.6. The molecule has 0 aliphatic carbocycles. The van der Waals surface area contributed by atoms with Gasteiger partial charge in [0.15, 0.2) is 6.61 Å². The molecule has 0 saturated heterocycles. The summed E-state index contributed by atoms with van der Waals surface area (Å²) in [6.07, 6.45) is 5.11. The van der Waals surface area contributed by atoms with Gasteiger partial charge in [0.1, 0.15) is 17.4 Å². The number of nitrogens with two attached hydrogens (primary N) is 1. The Bertz CT molecular complexity index is 733. The van der Waals surface area contributed by atoms with Crippen molar-refractivity contribution in [1.29, 1.82) is 5.26 Å². The van der Waals surface area contributed by atoms with Gasteiger partial charge in [0.25, 0.3) is 0 Å². The van der Waals surface area contributed by atoms with Gasteiger partial charge < -0.3 is 15.2 Å². The number of hydrogen-bond acceptors (Lipinski definition) is 5. The van der Waals surface area contributed by atoms with Crippen molar-refractivity contribution in [1.82, 2.24) is 0 Å². The molecule has 0 fully saturated rings. The highest BCUT2D eigenvalue weighted by atomic mass is 16.5. The molecule has 0 spiro atoms. The van der Waals surface area contributed by atoms with E-state index in [2.05, 4.69) is 5.92 Å². The topological polar surface area (TPSA) is 85.3 Å². The van der Waals surface area contributed by atoms with Crippen LogP contribution in [0.1, 0.15) is 18.4 Å². The van der Waals surface area contributed by atoms with E-state index in [4.69, 9.17) is 21.6 Å². The highest BCUT2D eigenvalue weighted by molar-refractivity contribution is 5.92. The molecule has 5 heteroatoms. The van der Waals surface area contributed by atoms with Gasteiger partial charge in [0.05, 0.1) is 11.5 Å². The van der Waals surface area contributed by atoms with Crippen LogP contribution >= 0.6 is 0 Å². The molecule has 1 aromatic carbocycles. The molecule has 2 rings (SSSR count). The van der Waals surface area contributed by atoms with Gasteiger partial charge in [-0.3, -0.25) is 0 Å². The second kappa shape index (κ2) is 6.51. The Balaban J connectivity index is 2.54. The molecule has 1 aromatic rings. The molecule has 1 unspecified atom stereocenters. The summed E-state index contributed by atoms with van der Waals surface area (Å²) in [5.74, 6) is 1.26. The number of nitrogens with zero attached hydrogens (tertiary/aromatic N) is 1. The van der Waals surface area contributed by atoms with Crippen molar-refractivity contribution in [3.8, 4) is 18.4 Å². The molecule has 0 aromatic heterocycles. The van der Waals surface area contributed by atoms with Gasteiger partial charge in [-0.25, -0.2) is 4.79 Å². The van der Waals surface area contributed by atoms with E-state index in [1.807, 2.05) is 36.4 Å². The number of terminal acetylenes is 1. The molecule has 1 aliphatic rings. The monoisotopic (exact) mass is 294 g/mol. The zero-order valence-electron chi connectivity index (χ0n) is 12.0. The smallest absolute Gasteiger partial charge is 0.339 e. The maximum atomic E-state index is 12.3. The Morgan fingerprint density at radius 3 is 2.73 bits per heavy atom. The molecule has 1 atom stereocenters. The zero-order valence-corrected chi connectivity index (χ0v) is 12.0. The quantitative estimate of drug-likeness (QED) is 0.680. The number of benzene rings is 1. The van der Waals surface area contributed by atoms with E-state index in [1.165, 1.54) is 0 Å². The summed E-state index contributed by atoms with van der Waals surface area (Å²) in [7, 11) is 0. The number of carbonyl (C=O) groups excluding carboxylic acids is 1. The SMILES string of the molecule is C#CCOC(=O)C1=C(C)OC(N)=C(C#N)C1c1ccccc1. The Morgan fingerprint density at radius 1 is 1.45 bits per heavy atom. The minimum Gasteiger partial charge on any atom is -0.449 e. The van der Waals surface area contributed by atoms with Crippen molar-refractivity contribution in [2.24, 2.45) is 5.73 Å². The van der Waals surface area contributed by atoms with Crippen molar-refractivity contribution in [2.75, 3.05) is 6.61 Å². The number of rotatable bonds is 3. The van der Waals surface area contributed by atoms with Crippen LogP contribution in [0.2, 0.25) is 0 Å². The number of hydrogen-bond donors (Lipinski definition) is 1. The maximum absolute atomic E-state index is 12.3. The van der Waals surface area contributed by atoms with Crippen molar-refractivity contribution < 1.29 is 14.3 Å². The Kier molecular flexibility index (Phi) is 4.50. The zero-order chi connectivity index (χ0) is 16.1. The third-order valence-corrected chi connectivity index (χ3v) is 3.25. The first kappa shape index (κ1) is 15.2. The Hall–Kier alpha value is -3.18. The van der Waals surface area contributed by atoms with E-state index in [-0.39, 0.29) is 23.6 Å². The summed E-state index contributed by atoms with van der Waals surface area (Å²) in [5, 5.41) is 9.38. The summed E-state index contributed by atoms with van der Waals surface area (Å²) < 4.78 is 10.3. The lowest BCUT2D eigenvalue weighted by molar-refractivity contribution is -0.138. The van der Waals surface area contributed by atoms with Gasteiger partial charge in [-0.05, 0) is 12.5 Å². The number of nitriles is 1. The Labute approximate surface area is 128 Å². The summed E-state index contributed by atoms with van der Waals surface area (Å²) >= 11 is 0. The molecular formula is C17H14N2O3. The van der Waals surface area contributed by atoms with Crippen LogP contribution in [-0.4, -0.2) is 12.6 Å². The van der Waals surface area contributed by atoms with E-state index < -0.39 is 11.9 Å². The Morgan fingerprint density at radius 2 is 2.14 bits per heavy atom. The summed E-state index contributed by atoms with van der Waals surface area (Å²) in [6.45, 7) is 1.45. The molecule has 110 valence electrons. The van der Waals surface area contributed by atoms with Gasteiger partial charge in [-0.1, -0.05) is 36.3 Å². The van der Waals surface area contributed by atoms with E-state index in [0.29, 0.717) is 5.76 Å². The van der Waals surface area contributed by atoms with Crippen LogP contribution < -0.4 is 5.73 Å². The van der Waals surface area contributed by atoms with Gasteiger partial charge in [0.2, 0.25) is 5.88 Å². The molecule has 5 nitrogen and oxygen atoms in total. The van der Waals surface area contributed by atoms with Crippen LogP contribution in [0.5, 0.6) is 0 Å². The van der Waals surface area contributed by atoms with Gasteiger partial charge >= 0.3 is 5.97 Å². The molecule has 0 radical (unpaired) electrons. The van der Waals surface area contributed by atoms with Crippen molar-refractivity contribution >= 4 is 5.97 Å². The molecule has 1 heterocycles. The average molecular weight is 294 g/mol. The van der Waals surface area contributed by atoms with Gasteiger partial charge in [-0.15, -0.1) is 6.42 Å². The number of esters is 1. The normalized spacial score (nSPS) is 17.3. The van der Waals surface area contributed by atoms with Gasteiger partial charge in [-0.2, -0.15) is 5.26 Å².